The molecule has 0 fully saturated rings. The molecule has 0 bridgehead atoms. The van der Waals surface area contributed by atoms with Crippen molar-refractivity contribution in [3.05, 3.63) is 54.6 Å². The third-order valence-corrected chi connectivity index (χ3v) is 4.39. The van der Waals surface area contributed by atoms with Crippen LogP contribution in [0.1, 0.15) is 10.4 Å². The van der Waals surface area contributed by atoms with Gasteiger partial charge in [0, 0.05) is 6.07 Å². The molecule has 3 N–H and O–H groups in total. The lowest BCUT2D eigenvalue weighted by atomic mass is 10.1. The van der Waals surface area contributed by atoms with E-state index >= 15 is 0 Å². The molecular formula is C19H14N8O2. The van der Waals surface area contributed by atoms with Gasteiger partial charge in [0.15, 0.2) is 17.3 Å². The predicted molar refractivity (Wildman–Crippen MR) is 106 cm³/mol. The van der Waals surface area contributed by atoms with Crippen molar-refractivity contribution in [2.75, 3.05) is 12.4 Å². The first-order chi connectivity index (χ1) is 14.2. The molecule has 10 nitrogen and oxygen atoms in total. The minimum atomic E-state index is -0.346. The van der Waals surface area contributed by atoms with E-state index in [1.165, 1.54) is 12.7 Å². The number of imidazole rings is 2. The van der Waals surface area contributed by atoms with Crippen LogP contribution in [0.4, 0.5) is 5.82 Å². The van der Waals surface area contributed by atoms with Gasteiger partial charge in [-0.25, -0.2) is 24.9 Å². The molecule has 0 unspecified atom stereocenters. The zero-order valence-corrected chi connectivity index (χ0v) is 15.2. The Morgan fingerprint density at radius 3 is 2.86 bits per heavy atom. The van der Waals surface area contributed by atoms with Crippen LogP contribution >= 0.6 is 0 Å². The number of hydrogen-bond donors (Lipinski definition) is 3. The molecule has 0 aliphatic heterocycles. The lowest BCUT2D eigenvalue weighted by Crippen LogP contribution is -2.14. The van der Waals surface area contributed by atoms with E-state index in [-0.39, 0.29) is 5.91 Å². The number of ether oxygens (including phenoxy) is 1. The van der Waals surface area contributed by atoms with E-state index in [4.69, 9.17) is 4.74 Å². The molecule has 0 aliphatic carbocycles. The topological polar surface area (TPSA) is 134 Å². The van der Waals surface area contributed by atoms with E-state index in [2.05, 4.69) is 40.2 Å². The lowest BCUT2D eigenvalue weighted by Gasteiger charge is -2.05. The van der Waals surface area contributed by atoms with E-state index in [0.29, 0.717) is 51.0 Å². The molecular weight excluding hydrogens is 372 g/mol. The number of benzene rings is 1. The summed E-state index contributed by atoms with van der Waals surface area (Å²) in [5, 5.41) is 2.80. The summed E-state index contributed by atoms with van der Waals surface area (Å²) in [5.41, 5.74) is 3.28. The maximum atomic E-state index is 12.9. The number of para-hydroxylation sites is 1. The predicted octanol–water partition coefficient (Wildman–Crippen LogP) is 2.55. The summed E-state index contributed by atoms with van der Waals surface area (Å²) in [5.74, 6) is 1.02. The SMILES string of the molecule is COc1cccc(-c2nc3c(C(=O)Nc4ncnc5nc[nH]c45)cccc3[nH]2)n1. The quantitative estimate of drug-likeness (QED) is 0.432. The van der Waals surface area contributed by atoms with Gasteiger partial charge >= 0.3 is 0 Å². The number of methoxy groups -OCH3 is 1. The van der Waals surface area contributed by atoms with Crippen LogP contribution in [0.15, 0.2) is 49.1 Å². The third kappa shape index (κ3) is 2.92. The Labute approximate surface area is 163 Å². The number of aromatic nitrogens is 7. The average molecular weight is 386 g/mol. The fourth-order valence-electron chi connectivity index (χ4n) is 3.03. The highest BCUT2D eigenvalue weighted by molar-refractivity contribution is 6.13. The van der Waals surface area contributed by atoms with Gasteiger partial charge in [-0.15, -0.1) is 0 Å². The fourth-order valence-corrected chi connectivity index (χ4v) is 3.03. The van der Waals surface area contributed by atoms with Crippen LogP contribution in [0.5, 0.6) is 5.88 Å². The van der Waals surface area contributed by atoms with Crippen molar-refractivity contribution in [1.29, 1.82) is 0 Å². The second-order valence-electron chi connectivity index (χ2n) is 6.13. The Balaban J connectivity index is 1.54. The number of carbonyl (C=O) groups excluding carboxylic acids is 1. The first-order valence-corrected chi connectivity index (χ1v) is 8.68. The van der Waals surface area contributed by atoms with E-state index < -0.39 is 0 Å². The minimum absolute atomic E-state index is 0.346. The largest absolute Gasteiger partial charge is 0.481 e. The van der Waals surface area contributed by atoms with Crippen molar-refractivity contribution in [3.8, 4) is 17.4 Å². The Hall–Kier alpha value is -4.34. The van der Waals surface area contributed by atoms with E-state index in [0.717, 1.165) is 0 Å². The number of amides is 1. The van der Waals surface area contributed by atoms with Gasteiger partial charge in [0.05, 0.1) is 24.5 Å². The molecule has 0 atom stereocenters. The zero-order valence-electron chi connectivity index (χ0n) is 15.2. The number of fused-ring (bicyclic) bond motifs is 2. The molecule has 0 radical (unpaired) electrons. The molecule has 4 aromatic heterocycles. The van der Waals surface area contributed by atoms with Gasteiger partial charge in [-0.2, -0.15) is 0 Å². The van der Waals surface area contributed by atoms with Crippen molar-refractivity contribution >= 4 is 33.9 Å². The van der Waals surface area contributed by atoms with Crippen molar-refractivity contribution < 1.29 is 9.53 Å². The first-order valence-electron chi connectivity index (χ1n) is 8.68. The average Bonchev–Trinajstić information content (AvgIpc) is 3.41. The summed E-state index contributed by atoms with van der Waals surface area (Å²) >= 11 is 0. The normalized spacial score (nSPS) is 11.1. The van der Waals surface area contributed by atoms with Crippen molar-refractivity contribution in [3.63, 3.8) is 0 Å². The maximum absolute atomic E-state index is 12.9. The van der Waals surface area contributed by atoms with Gasteiger partial charge in [0.25, 0.3) is 5.91 Å². The molecule has 4 heterocycles. The number of carbonyl (C=O) groups is 1. The standard InChI is InChI=1S/C19H14N8O2/c1-29-13-7-3-6-12(24-13)16-25-11-5-2-4-10(14(11)26-16)19(28)27-18-15-17(21-8-20-15)22-9-23-18/h2-9H,1H3,(H,25,26)(H2,20,21,22,23,27,28). The Bertz CT molecular complexity index is 1360. The van der Waals surface area contributed by atoms with E-state index in [1.54, 1.807) is 25.3 Å². The summed E-state index contributed by atoms with van der Waals surface area (Å²) in [6.45, 7) is 0. The van der Waals surface area contributed by atoms with Crippen molar-refractivity contribution in [2.45, 2.75) is 0 Å². The molecule has 10 heteroatoms. The molecule has 0 saturated heterocycles. The van der Waals surface area contributed by atoms with Crippen LogP contribution in [-0.2, 0) is 0 Å². The number of aromatic amines is 2. The molecule has 5 aromatic rings. The highest BCUT2D eigenvalue weighted by Crippen LogP contribution is 2.24. The van der Waals surface area contributed by atoms with Gasteiger partial charge in [0.2, 0.25) is 5.88 Å². The van der Waals surface area contributed by atoms with Gasteiger partial charge in [-0.05, 0) is 18.2 Å². The second kappa shape index (κ2) is 6.68. The van der Waals surface area contributed by atoms with Crippen LogP contribution in [0, 0.1) is 0 Å². The number of rotatable bonds is 4. The third-order valence-electron chi connectivity index (χ3n) is 4.39. The van der Waals surface area contributed by atoms with Crippen LogP contribution in [0.2, 0.25) is 0 Å². The van der Waals surface area contributed by atoms with Crippen molar-refractivity contribution in [2.24, 2.45) is 0 Å². The van der Waals surface area contributed by atoms with Gasteiger partial charge in [-0.3, -0.25) is 4.79 Å². The number of H-pyrrole nitrogens is 2. The highest BCUT2D eigenvalue weighted by atomic mass is 16.5. The zero-order chi connectivity index (χ0) is 19.8. The summed E-state index contributed by atoms with van der Waals surface area (Å²) < 4.78 is 5.17. The number of pyridine rings is 1. The van der Waals surface area contributed by atoms with E-state index in [1.807, 2.05) is 18.2 Å². The number of nitrogens with zero attached hydrogens (tertiary/aromatic N) is 5. The fraction of sp³-hybridized carbons (Fsp3) is 0.0526. The van der Waals surface area contributed by atoms with Crippen LogP contribution < -0.4 is 10.1 Å². The van der Waals surface area contributed by atoms with Gasteiger partial charge < -0.3 is 20.0 Å². The second-order valence-corrected chi connectivity index (χ2v) is 6.13. The van der Waals surface area contributed by atoms with Crippen LogP contribution in [-0.4, -0.2) is 47.9 Å². The summed E-state index contributed by atoms with van der Waals surface area (Å²) in [4.78, 5) is 40.3. The summed E-state index contributed by atoms with van der Waals surface area (Å²) in [6, 6.07) is 10.7. The van der Waals surface area contributed by atoms with Crippen molar-refractivity contribution in [1.82, 2.24) is 34.9 Å². The molecule has 142 valence electrons. The Morgan fingerprint density at radius 1 is 1.07 bits per heavy atom. The lowest BCUT2D eigenvalue weighted by molar-refractivity contribution is 0.102. The smallest absolute Gasteiger partial charge is 0.259 e. The molecule has 1 amide bonds. The minimum Gasteiger partial charge on any atom is -0.481 e. The molecule has 5 rings (SSSR count). The summed E-state index contributed by atoms with van der Waals surface area (Å²) in [7, 11) is 1.55. The highest BCUT2D eigenvalue weighted by Gasteiger charge is 2.17. The van der Waals surface area contributed by atoms with E-state index in [9.17, 15) is 4.79 Å². The first kappa shape index (κ1) is 16.8. The monoisotopic (exact) mass is 386 g/mol. The Kier molecular flexibility index (Phi) is 3.87. The molecule has 0 spiro atoms. The maximum Gasteiger partial charge on any atom is 0.259 e. The molecule has 0 saturated carbocycles. The molecule has 1 aromatic carbocycles. The van der Waals surface area contributed by atoms with Crippen LogP contribution in [0.3, 0.4) is 0 Å². The Morgan fingerprint density at radius 2 is 1.97 bits per heavy atom. The van der Waals surface area contributed by atoms with Crippen LogP contribution in [0.25, 0.3) is 33.7 Å². The molecule has 0 aliphatic rings. The van der Waals surface area contributed by atoms with Gasteiger partial charge in [-0.1, -0.05) is 12.1 Å². The summed E-state index contributed by atoms with van der Waals surface area (Å²) in [6.07, 6.45) is 2.84. The number of anilines is 1. The number of nitrogens with one attached hydrogen (secondary N) is 3. The number of hydrogen-bond acceptors (Lipinski definition) is 7. The van der Waals surface area contributed by atoms with Gasteiger partial charge in [0.1, 0.15) is 23.1 Å². The molecule has 29 heavy (non-hydrogen) atoms.